The molecule has 21 heavy (non-hydrogen) atoms. The molecule has 2 aromatic rings. The van der Waals surface area contributed by atoms with E-state index in [4.69, 9.17) is 9.47 Å². The maximum atomic E-state index is 12.0. The summed E-state index contributed by atoms with van der Waals surface area (Å²) >= 11 is 0. The smallest absolute Gasteiger partial charge is 0.185 e. The lowest BCUT2D eigenvalue weighted by Gasteiger charge is -2.11. The van der Waals surface area contributed by atoms with Crippen LogP contribution in [0.4, 0.5) is 0 Å². The third kappa shape index (κ3) is 3.48. The summed E-state index contributed by atoms with van der Waals surface area (Å²) in [7, 11) is 3.19. The van der Waals surface area contributed by atoms with Crippen molar-refractivity contribution in [3.63, 3.8) is 0 Å². The molecule has 0 aliphatic carbocycles. The summed E-state index contributed by atoms with van der Waals surface area (Å²) in [5.74, 6) is 1.29. The van der Waals surface area contributed by atoms with E-state index in [0.29, 0.717) is 17.1 Å². The minimum atomic E-state index is -0.0650. The first-order chi connectivity index (χ1) is 10.2. The molecular formula is C17H17NO3. The van der Waals surface area contributed by atoms with Gasteiger partial charge >= 0.3 is 0 Å². The second-order valence-corrected chi connectivity index (χ2v) is 4.51. The Morgan fingerprint density at radius 3 is 2.48 bits per heavy atom. The number of nitrogens with zero attached hydrogens (tertiary/aromatic N) is 1. The van der Waals surface area contributed by atoms with Crippen molar-refractivity contribution in [1.29, 1.82) is 0 Å². The molecule has 4 heteroatoms. The van der Waals surface area contributed by atoms with E-state index >= 15 is 0 Å². The van der Waals surface area contributed by atoms with Crippen LogP contribution in [-0.4, -0.2) is 25.0 Å². The van der Waals surface area contributed by atoms with Gasteiger partial charge in [0.1, 0.15) is 0 Å². The Labute approximate surface area is 124 Å². The molecule has 0 bridgehead atoms. The molecular weight excluding hydrogens is 266 g/mol. The van der Waals surface area contributed by atoms with E-state index in [-0.39, 0.29) is 5.78 Å². The summed E-state index contributed by atoms with van der Waals surface area (Å²) in [4.78, 5) is 15.9. The van der Waals surface area contributed by atoms with Gasteiger partial charge in [0.2, 0.25) is 0 Å². The first kappa shape index (κ1) is 14.8. The molecule has 1 aromatic carbocycles. The van der Waals surface area contributed by atoms with Gasteiger partial charge in [0.05, 0.1) is 14.2 Å². The van der Waals surface area contributed by atoms with Crippen LogP contribution >= 0.6 is 0 Å². The van der Waals surface area contributed by atoms with Gasteiger partial charge in [0.15, 0.2) is 17.3 Å². The molecule has 0 N–H and O–H groups in total. The number of ether oxygens (including phenoxy) is 2. The molecule has 0 radical (unpaired) electrons. The van der Waals surface area contributed by atoms with Crippen molar-refractivity contribution in [2.45, 2.75) is 6.92 Å². The van der Waals surface area contributed by atoms with Crippen LogP contribution < -0.4 is 9.47 Å². The van der Waals surface area contributed by atoms with Crippen molar-refractivity contribution in [1.82, 2.24) is 4.98 Å². The van der Waals surface area contributed by atoms with Gasteiger partial charge in [0, 0.05) is 18.0 Å². The van der Waals surface area contributed by atoms with Crippen LogP contribution in [0.15, 0.2) is 42.7 Å². The van der Waals surface area contributed by atoms with Gasteiger partial charge < -0.3 is 9.47 Å². The number of rotatable bonds is 5. The maximum absolute atomic E-state index is 12.0. The van der Waals surface area contributed by atoms with Gasteiger partial charge in [-0.15, -0.1) is 0 Å². The maximum Gasteiger partial charge on any atom is 0.185 e. The molecule has 108 valence electrons. The fourth-order valence-corrected chi connectivity index (χ4v) is 2.06. The van der Waals surface area contributed by atoms with E-state index in [0.717, 1.165) is 11.1 Å². The number of carbonyl (C=O) groups is 1. The summed E-state index contributed by atoms with van der Waals surface area (Å²) in [6.07, 6.45) is 6.50. The minimum Gasteiger partial charge on any atom is -0.493 e. The molecule has 0 saturated heterocycles. The van der Waals surface area contributed by atoms with Crippen LogP contribution in [0.5, 0.6) is 11.5 Å². The minimum absolute atomic E-state index is 0.0650. The predicted molar refractivity (Wildman–Crippen MR) is 81.9 cm³/mol. The molecule has 4 nitrogen and oxygen atoms in total. The van der Waals surface area contributed by atoms with Crippen LogP contribution in [0.25, 0.3) is 6.08 Å². The third-order valence-corrected chi connectivity index (χ3v) is 3.08. The average molecular weight is 283 g/mol. The van der Waals surface area contributed by atoms with Crippen LogP contribution in [0.1, 0.15) is 21.5 Å². The Balaban J connectivity index is 2.25. The summed E-state index contributed by atoms with van der Waals surface area (Å²) in [5.41, 5.74) is 2.44. The second kappa shape index (κ2) is 6.70. The highest BCUT2D eigenvalue weighted by molar-refractivity contribution is 6.06. The lowest BCUT2D eigenvalue weighted by molar-refractivity contribution is 0.104. The Morgan fingerprint density at radius 1 is 1.14 bits per heavy atom. The van der Waals surface area contributed by atoms with Gasteiger partial charge in [-0.2, -0.15) is 0 Å². The fraction of sp³-hybridized carbons (Fsp3) is 0.176. The van der Waals surface area contributed by atoms with Crippen molar-refractivity contribution >= 4 is 11.9 Å². The van der Waals surface area contributed by atoms with Crippen molar-refractivity contribution < 1.29 is 14.3 Å². The predicted octanol–water partition coefficient (Wildman–Crippen LogP) is 3.30. The fourth-order valence-electron chi connectivity index (χ4n) is 2.06. The molecule has 0 spiro atoms. The number of aryl methyl sites for hydroxylation is 1. The van der Waals surface area contributed by atoms with Crippen LogP contribution in [-0.2, 0) is 0 Å². The number of benzene rings is 1. The zero-order valence-electron chi connectivity index (χ0n) is 12.3. The number of methoxy groups -OCH3 is 2. The highest BCUT2D eigenvalue weighted by Crippen LogP contribution is 2.32. The number of pyridine rings is 1. The van der Waals surface area contributed by atoms with Crippen molar-refractivity contribution in [2.75, 3.05) is 14.2 Å². The van der Waals surface area contributed by atoms with Gasteiger partial charge in [-0.1, -0.05) is 6.08 Å². The molecule has 1 aromatic heterocycles. The lowest BCUT2D eigenvalue weighted by Crippen LogP contribution is -1.95. The number of ketones is 1. The van der Waals surface area contributed by atoms with E-state index in [2.05, 4.69) is 4.98 Å². The SMILES string of the molecule is COc1cc(/C=C/C(=O)c2ccncc2)cc(C)c1OC. The molecule has 0 unspecified atom stereocenters. The first-order valence-electron chi connectivity index (χ1n) is 6.50. The molecule has 0 aliphatic rings. The number of hydrogen-bond donors (Lipinski definition) is 0. The highest BCUT2D eigenvalue weighted by atomic mass is 16.5. The van der Waals surface area contributed by atoms with Crippen molar-refractivity contribution in [3.8, 4) is 11.5 Å². The van der Waals surface area contributed by atoms with E-state index in [1.165, 1.54) is 6.08 Å². The Hall–Kier alpha value is -2.62. The molecule has 2 rings (SSSR count). The monoisotopic (exact) mass is 283 g/mol. The van der Waals surface area contributed by atoms with Gasteiger partial charge in [-0.05, 0) is 48.4 Å². The van der Waals surface area contributed by atoms with Crippen molar-refractivity contribution in [3.05, 3.63) is 59.4 Å². The Morgan fingerprint density at radius 2 is 1.86 bits per heavy atom. The zero-order valence-corrected chi connectivity index (χ0v) is 12.3. The number of carbonyl (C=O) groups excluding carboxylic acids is 1. The topological polar surface area (TPSA) is 48.4 Å². The van der Waals surface area contributed by atoms with Gasteiger partial charge in [-0.3, -0.25) is 9.78 Å². The van der Waals surface area contributed by atoms with Crippen LogP contribution in [0.2, 0.25) is 0 Å². The van der Waals surface area contributed by atoms with E-state index < -0.39 is 0 Å². The quantitative estimate of drug-likeness (QED) is 0.624. The summed E-state index contributed by atoms with van der Waals surface area (Å²) < 4.78 is 10.6. The Bertz CT molecular complexity index is 663. The zero-order chi connectivity index (χ0) is 15.2. The normalized spacial score (nSPS) is 10.6. The number of hydrogen-bond acceptors (Lipinski definition) is 4. The first-order valence-corrected chi connectivity index (χ1v) is 6.50. The molecule has 0 fully saturated rings. The molecule has 0 saturated carbocycles. The Kier molecular flexibility index (Phi) is 4.72. The number of aromatic nitrogens is 1. The summed E-state index contributed by atoms with van der Waals surface area (Å²) in [6, 6.07) is 7.15. The second-order valence-electron chi connectivity index (χ2n) is 4.51. The van der Waals surface area contributed by atoms with Crippen LogP contribution in [0, 0.1) is 6.92 Å². The summed E-state index contributed by atoms with van der Waals surface area (Å²) in [5, 5.41) is 0. The lowest BCUT2D eigenvalue weighted by atomic mass is 10.1. The standard InChI is InChI=1S/C17H17NO3/c1-12-10-13(11-16(20-2)17(12)21-3)4-5-15(19)14-6-8-18-9-7-14/h4-11H,1-3H3/b5-4+. The van der Waals surface area contributed by atoms with E-state index in [1.807, 2.05) is 19.1 Å². The van der Waals surface area contributed by atoms with Crippen molar-refractivity contribution in [2.24, 2.45) is 0 Å². The largest absolute Gasteiger partial charge is 0.493 e. The van der Waals surface area contributed by atoms with Gasteiger partial charge in [-0.25, -0.2) is 0 Å². The molecule has 1 heterocycles. The van der Waals surface area contributed by atoms with Crippen LogP contribution in [0.3, 0.4) is 0 Å². The molecule has 0 amide bonds. The van der Waals surface area contributed by atoms with Gasteiger partial charge in [0.25, 0.3) is 0 Å². The van der Waals surface area contributed by atoms with E-state index in [9.17, 15) is 4.79 Å². The number of allylic oxidation sites excluding steroid dienone is 1. The average Bonchev–Trinajstić information content (AvgIpc) is 2.52. The molecule has 0 atom stereocenters. The summed E-state index contributed by atoms with van der Waals surface area (Å²) in [6.45, 7) is 1.93. The van der Waals surface area contributed by atoms with E-state index in [1.54, 1.807) is 44.8 Å². The third-order valence-electron chi connectivity index (χ3n) is 3.08. The molecule has 0 aliphatic heterocycles. The highest BCUT2D eigenvalue weighted by Gasteiger charge is 2.08.